The number of hydrogen-bond donors (Lipinski definition) is 1. The van der Waals surface area contributed by atoms with Gasteiger partial charge in [-0.05, 0) is 118 Å². The van der Waals surface area contributed by atoms with Crippen LogP contribution in [0.15, 0.2) is 29.4 Å². The molecular weight excluding hydrogens is 676 g/mol. The summed E-state index contributed by atoms with van der Waals surface area (Å²) in [6.07, 6.45) is 5.61. The molecule has 16 atom stereocenters. The number of carbonyl (C=O) groups excluding carboxylic acids is 1. The van der Waals surface area contributed by atoms with Crippen LogP contribution in [0.2, 0.25) is 5.02 Å². The van der Waals surface area contributed by atoms with E-state index in [1.165, 1.54) is 0 Å². The molecule has 1 aromatic carbocycles. The van der Waals surface area contributed by atoms with Gasteiger partial charge < -0.3 is 23.7 Å². The molecule has 7 saturated heterocycles. The SMILES string of the molecule is C[C@H]1[C@@H](/C(C[C@H]2O[C@@H]3O[C@]4(C)CC[C@H]5[C@H](C)CC[C@@H]([C@H]2C)[C@@]35OO4)=N\OC(=O)Nc2ccc(Cl)cc2)O[C@@H]2O[C@]3(C)CC[C@H]4[C@H](C)CC[C@@H]1[C@@]24O3. The smallest absolute Gasteiger partial charge is 0.345 e. The summed E-state index contributed by atoms with van der Waals surface area (Å²) in [6, 6.07) is 6.85. The Morgan fingerprint density at radius 2 is 1.43 bits per heavy atom. The summed E-state index contributed by atoms with van der Waals surface area (Å²) in [4.78, 5) is 31.3. The maximum Gasteiger partial charge on any atom is 0.437 e. The number of carbonyl (C=O) groups is 1. The predicted octanol–water partition coefficient (Wildman–Crippen LogP) is 8.20. The molecule has 12 heteroatoms. The Labute approximate surface area is 305 Å². The van der Waals surface area contributed by atoms with Crippen LogP contribution in [-0.4, -0.2) is 59.4 Å². The Morgan fingerprint density at radius 1 is 0.804 bits per heavy atom. The average molecular weight is 729 g/mol. The fourth-order valence-corrected chi connectivity index (χ4v) is 12.1. The third-order valence-corrected chi connectivity index (χ3v) is 14.8. The third-order valence-electron chi connectivity index (χ3n) is 14.6. The van der Waals surface area contributed by atoms with Crippen molar-refractivity contribution in [2.24, 2.45) is 52.5 Å². The average Bonchev–Trinajstić information content (AvgIpc) is 3.17. The van der Waals surface area contributed by atoms with E-state index in [4.69, 9.17) is 49.9 Å². The summed E-state index contributed by atoms with van der Waals surface area (Å²) >= 11 is 6.06. The lowest BCUT2D eigenvalue weighted by Gasteiger charge is -2.61. The van der Waals surface area contributed by atoms with Gasteiger partial charge in [-0.3, -0.25) is 10.2 Å². The molecule has 7 aliphatic heterocycles. The molecule has 2 aliphatic carbocycles. The van der Waals surface area contributed by atoms with E-state index in [0.29, 0.717) is 40.6 Å². The largest absolute Gasteiger partial charge is 0.437 e. The minimum atomic E-state index is -0.875. The van der Waals surface area contributed by atoms with Crippen LogP contribution in [0, 0.1) is 47.3 Å². The molecule has 1 amide bonds. The zero-order valence-electron chi connectivity index (χ0n) is 30.6. The minimum Gasteiger partial charge on any atom is -0.345 e. The van der Waals surface area contributed by atoms with Crippen LogP contribution in [-0.2, 0) is 38.3 Å². The maximum atomic E-state index is 13.2. The number of ether oxygens (including phenoxy) is 5. The number of fused-ring (bicyclic) bond motifs is 3. The van der Waals surface area contributed by atoms with Crippen LogP contribution in [0.5, 0.6) is 0 Å². The van der Waals surface area contributed by atoms with Gasteiger partial charge in [0, 0.05) is 35.9 Å². The van der Waals surface area contributed by atoms with E-state index in [-0.39, 0.29) is 35.7 Å². The second kappa shape index (κ2) is 12.3. The number of anilines is 1. The van der Waals surface area contributed by atoms with E-state index in [1.54, 1.807) is 24.3 Å². The molecule has 10 rings (SSSR count). The molecule has 0 radical (unpaired) electrons. The van der Waals surface area contributed by atoms with E-state index in [9.17, 15) is 4.79 Å². The first-order valence-corrected chi connectivity index (χ1v) is 19.8. The van der Waals surface area contributed by atoms with E-state index >= 15 is 0 Å². The highest BCUT2D eigenvalue weighted by molar-refractivity contribution is 6.30. The van der Waals surface area contributed by atoms with Gasteiger partial charge in [0.1, 0.15) is 11.7 Å². The minimum absolute atomic E-state index is 0.0212. The van der Waals surface area contributed by atoms with Gasteiger partial charge in [0.05, 0.1) is 11.8 Å². The van der Waals surface area contributed by atoms with E-state index in [2.05, 4.69) is 38.2 Å². The number of nitrogens with one attached hydrogen (secondary N) is 1. The lowest BCUT2D eigenvalue weighted by Crippen LogP contribution is -2.70. The van der Waals surface area contributed by atoms with Gasteiger partial charge >= 0.3 is 6.09 Å². The van der Waals surface area contributed by atoms with Gasteiger partial charge in [-0.15, -0.1) is 0 Å². The summed E-state index contributed by atoms with van der Waals surface area (Å²) in [7, 11) is 0. The van der Waals surface area contributed by atoms with Crippen molar-refractivity contribution in [3.63, 3.8) is 0 Å². The molecule has 51 heavy (non-hydrogen) atoms. The number of benzene rings is 1. The summed E-state index contributed by atoms with van der Waals surface area (Å²) in [5.41, 5.74) is -0.0125. The Bertz CT molecular complexity index is 1560. The van der Waals surface area contributed by atoms with Gasteiger partial charge in [0.15, 0.2) is 24.0 Å². The Hall–Kier alpha value is -1.83. The molecule has 1 aromatic rings. The van der Waals surface area contributed by atoms with Crippen LogP contribution in [0.1, 0.15) is 99.3 Å². The van der Waals surface area contributed by atoms with Crippen molar-refractivity contribution >= 4 is 29.1 Å². The normalized spacial score (nSPS) is 51.2. The lowest BCUT2D eigenvalue weighted by molar-refractivity contribution is -0.570. The molecule has 2 spiro atoms. The number of rotatable bonds is 5. The van der Waals surface area contributed by atoms with Gasteiger partial charge in [0.2, 0.25) is 5.79 Å². The fraction of sp³-hybridized carbons (Fsp3) is 0.795. The summed E-state index contributed by atoms with van der Waals surface area (Å²) < 4.78 is 34.4. The highest BCUT2D eigenvalue weighted by Gasteiger charge is 2.73. The molecule has 1 N–H and O–H groups in total. The Balaban J connectivity index is 1.04. The number of halogens is 1. The molecule has 4 bridgehead atoms. The number of oxime groups is 1. The van der Waals surface area contributed by atoms with Gasteiger partial charge in [-0.25, -0.2) is 14.6 Å². The molecule has 7 heterocycles. The summed E-state index contributed by atoms with van der Waals surface area (Å²) in [5, 5.41) is 7.97. The van der Waals surface area contributed by atoms with Crippen LogP contribution in [0.25, 0.3) is 0 Å². The molecule has 0 aromatic heterocycles. The van der Waals surface area contributed by atoms with E-state index < -0.39 is 47.6 Å². The Kier molecular flexibility index (Phi) is 8.45. The predicted molar refractivity (Wildman–Crippen MR) is 186 cm³/mol. The topological polar surface area (TPSA) is 115 Å². The second-order valence-corrected chi connectivity index (χ2v) is 17.9. The summed E-state index contributed by atoms with van der Waals surface area (Å²) in [6.45, 7) is 13.1. The van der Waals surface area contributed by atoms with E-state index in [0.717, 1.165) is 51.4 Å². The zero-order chi connectivity index (χ0) is 35.5. The van der Waals surface area contributed by atoms with Crippen LogP contribution < -0.4 is 5.32 Å². The number of amides is 1. The monoisotopic (exact) mass is 728 g/mol. The van der Waals surface area contributed by atoms with Crippen molar-refractivity contribution in [2.75, 3.05) is 5.32 Å². The first-order valence-electron chi connectivity index (χ1n) is 19.4. The molecule has 2 saturated carbocycles. The van der Waals surface area contributed by atoms with Crippen molar-refractivity contribution in [1.29, 1.82) is 0 Å². The second-order valence-electron chi connectivity index (χ2n) is 17.5. The first-order chi connectivity index (χ1) is 24.3. The Morgan fingerprint density at radius 3 is 2.16 bits per heavy atom. The third kappa shape index (κ3) is 5.38. The lowest BCUT2D eigenvalue weighted by atomic mass is 9.56. The summed E-state index contributed by atoms with van der Waals surface area (Å²) in [5.74, 6) is 0.488. The van der Waals surface area contributed by atoms with Gasteiger partial charge in [-0.1, -0.05) is 44.5 Å². The zero-order valence-corrected chi connectivity index (χ0v) is 31.4. The molecular formula is C39H53ClN2O9. The van der Waals surface area contributed by atoms with Gasteiger partial charge in [0.25, 0.3) is 0 Å². The molecule has 280 valence electrons. The van der Waals surface area contributed by atoms with Gasteiger partial charge in [-0.2, -0.15) is 0 Å². The number of hydrogen-bond acceptors (Lipinski definition) is 10. The van der Waals surface area contributed by atoms with Crippen molar-refractivity contribution < 1.29 is 43.1 Å². The van der Waals surface area contributed by atoms with Crippen LogP contribution in [0.4, 0.5) is 10.5 Å². The molecule has 11 nitrogen and oxygen atoms in total. The van der Waals surface area contributed by atoms with Crippen molar-refractivity contribution in [1.82, 2.24) is 0 Å². The quantitative estimate of drug-likeness (QED) is 0.139. The molecule has 9 aliphatic rings. The highest BCUT2D eigenvalue weighted by atomic mass is 35.5. The maximum absolute atomic E-state index is 13.2. The van der Waals surface area contributed by atoms with Crippen LogP contribution >= 0.6 is 11.6 Å². The van der Waals surface area contributed by atoms with Crippen molar-refractivity contribution in [3.05, 3.63) is 29.3 Å². The van der Waals surface area contributed by atoms with Crippen LogP contribution in [0.3, 0.4) is 0 Å². The standard InChI is InChI=1S/C39H53ClN2O9/c1-20-8-14-29-23(4)32(45-33-38(29)26(20)15-17-36(5,46-33)49-38)30(42-48-35(43)41-25-11-9-24(40)10-12-25)19-31-22(3)28-13-7-21(2)27-16-18-37(6)47-34(44-31)39(27,28)51-50-37/h9-12,20-23,26-29,31-34H,7-8,13-19H2,1-6H3,(H,41,43)/b42-30-/t20-,21-,22-,23-,26+,27+,28+,29+,31-,32+,33-,34-,36+,37+,38-,39-/m1/s1. The van der Waals surface area contributed by atoms with Crippen molar-refractivity contribution in [3.8, 4) is 0 Å². The highest BCUT2D eigenvalue weighted by Crippen LogP contribution is 2.64. The van der Waals surface area contributed by atoms with Crippen molar-refractivity contribution in [2.45, 2.75) is 147 Å². The first kappa shape index (κ1) is 34.9. The molecule has 0 unspecified atom stereocenters. The molecule has 9 fully saturated rings. The number of nitrogens with zero attached hydrogens (tertiary/aromatic N) is 1. The fourth-order valence-electron chi connectivity index (χ4n) is 11.9. The van der Waals surface area contributed by atoms with E-state index in [1.807, 2.05) is 13.8 Å².